The minimum absolute atomic E-state index is 0.221. The lowest BCUT2D eigenvalue weighted by Gasteiger charge is -2.28. The molecule has 0 saturated carbocycles. The van der Waals surface area contributed by atoms with Gasteiger partial charge in [0.25, 0.3) is 0 Å². The Kier molecular flexibility index (Phi) is 5.13. The van der Waals surface area contributed by atoms with E-state index < -0.39 is 5.82 Å². The number of benzene rings is 1. The number of rotatable bonds is 4. The lowest BCUT2D eigenvalue weighted by Crippen LogP contribution is -2.36. The van der Waals surface area contributed by atoms with Gasteiger partial charge in [-0.1, -0.05) is 17.7 Å². The summed E-state index contributed by atoms with van der Waals surface area (Å²) in [7, 11) is 0. The number of nitrogens with zero attached hydrogens (tertiary/aromatic N) is 5. The van der Waals surface area contributed by atoms with E-state index in [-0.39, 0.29) is 10.6 Å². The zero-order valence-electron chi connectivity index (χ0n) is 16.7. The summed E-state index contributed by atoms with van der Waals surface area (Å²) in [5, 5.41) is 3.51. The van der Waals surface area contributed by atoms with Gasteiger partial charge in [-0.05, 0) is 25.1 Å². The van der Waals surface area contributed by atoms with E-state index in [1.54, 1.807) is 24.4 Å². The van der Waals surface area contributed by atoms with Crippen molar-refractivity contribution in [3.63, 3.8) is 0 Å². The van der Waals surface area contributed by atoms with E-state index in [1.165, 1.54) is 6.07 Å². The number of imidazole rings is 1. The van der Waals surface area contributed by atoms with Gasteiger partial charge in [-0.2, -0.15) is 0 Å². The first kappa shape index (κ1) is 19.7. The quantitative estimate of drug-likeness (QED) is 0.494. The van der Waals surface area contributed by atoms with Crippen molar-refractivity contribution in [1.82, 2.24) is 24.9 Å². The van der Waals surface area contributed by atoms with Crippen molar-refractivity contribution in [3.8, 4) is 11.4 Å². The molecule has 2 N–H and O–H groups in total. The van der Waals surface area contributed by atoms with Crippen LogP contribution in [0.4, 0.5) is 21.8 Å². The number of pyridine rings is 1. The summed E-state index contributed by atoms with van der Waals surface area (Å²) in [6, 6.07) is 8.18. The molecule has 4 aromatic rings. The van der Waals surface area contributed by atoms with Crippen molar-refractivity contribution in [3.05, 3.63) is 53.2 Å². The Morgan fingerprint density at radius 3 is 2.81 bits per heavy atom. The van der Waals surface area contributed by atoms with E-state index in [0.717, 1.165) is 18.9 Å². The molecule has 10 heteroatoms. The van der Waals surface area contributed by atoms with E-state index in [2.05, 4.69) is 35.1 Å². The Balaban J connectivity index is 1.51. The molecule has 1 aliphatic rings. The van der Waals surface area contributed by atoms with Crippen molar-refractivity contribution in [2.45, 2.75) is 6.92 Å². The van der Waals surface area contributed by atoms with Crippen LogP contribution in [-0.2, 0) is 4.74 Å². The fourth-order valence-corrected chi connectivity index (χ4v) is 3.81. The fourth-order valence-electron chi connectivity index (χ4n) is 3.56. The molecular formula is C21H19ClFN7O. The van der Waals surface area contributed by atoms with E-state index in [4.69, 9.17) is 16.3 Å². The lowest BCUT2D eigenvalue weighted by atomic mass is 10.2. The zero-order chi connectivity index (χ0) is 21.4. The monoisotopic (exact) mass is 439 g/mol. The van der Waals surface area contributed by atoms with Crippen LogP contribution in [0.5, 0.6) is 0 Å². The lowest BCUT2D eigenvalue weighted by molar-refractivity contribution is 0.122. The third kappa shape index (κ3) is 3.89. The number of aryl methyl sites for hydroxylation is 1. The molecule has 8 nitrogen and oxygen atoms in total. The molecule has 0 radical (unpaired) electrons. The Morgan fingerprint density at radius 2 is 2.00 bits per heavy atom. The van der Waals surface area contributed by atoms with Gasteiger partial charge in [0.2, 0.25) is 0 Å². The van der Waals surface area contributed by atoms with Crippen molar-refractivity contribution < 1.29 is 9.13 Å². The van der Waals surface area contributed by atoms with E-state index in [0.29, 0.717) is 47.5 Å². The molecular weight excluding hydrogens is 421 g/mol. The average molecular weight is 440 g/mol. The third-order valence-corrected chi connectivity index (χ3v) is 5.32. The van der Waals surface area contributed by atoms with Crippen LogP contribution in [0, 0.1) is 12.7 Å². The number of hydrogen-bond acceptors (Lipinski definition) is 7. The van der Waals surface area contributed by atoms with Crippen molar-refractivity contribution in [1.29, 1.82) is 0 Å². The number of hydrogen-bond donors (Lipinski definition) is 2. The second-order valence-electron chi connectivity index (χ2n) is 7.12. The Hall–Kier alpha value is -3.30. The van der Waals surface area contributed by atoms with Gasteiger partial charge in [-0.15, -0.1) is 0 Å². The molecule has 0 unspecified atom stereocenters. The number of halogens is 2. The summed E-state index contributed by atoms with van der Waals surface area (Å²) in [5.74, 6) is 2.45. The molecule has 4 heterocycles. The third-order valence-electron chi connectivity index (χ3n) is 5.01. The van der Waals surface area contributed by atoms with Crippen LogP contribution in [0.3, 0.4) is 0 Å². The normalized spacial score (nSPS) is 14.2. The van der Waals surface area contributed by atoms with Crippen molar-refractivity contribution in [2.75, 3.05) is 36.5 Å². The van der Waals surface area contributed by atoms with Gasteiger partial charge >= 0.3 is 0 Å². The SMILES string of the molecule is Cc1nc(Nc2nccc3[nH]c(-c4c(F)cccc4Cl)nc23)cc(N2CCOCC2)n1. The molecule has 0 spiro atoms. The number of aromatic amines is 1. The van der Waals surface area contributed by atoms with Crippen molar-refractivity contribution >= 4 is 40.1 Å². The highest BCUT2D eigenvalue weighted by molar-refractivity contribution is 6.33. The standard InChI is InChI=1S/C21H19ClFN7O/c1-12-25-16(11-17(26-12)30-7-9-31-10-8-30)28-21-19-15(5-6-24-21)27-20(29-19)18-13(22)3-2-4-14(18)23/h2-6,11H,7-10H2,1H3,(H,27,29)(H,24,25,26,28). The van der Waals surface area contributed by atoms with Crippen LogP contribution in [0.2, 0.25) is 5.02 Å². The number of ether oxygens (including phenoxy) is 1. The minimum Gasteiger partial charge on any atom is -0.378 e. The maximum atomic E-state index is 14.4. The molecule has 0 atom stereocenters. The Labute approximate surface area is 182 Å². The molecule has 1 fully saturated rings. The average Bonchev–Trinajstić information content (AvgIpc) is 3.19. The number of fused-ring (bicyclic) bond motifs is 1. The molecule has 3 aromatic heterocycles. The number of anilines is 3. The molecule has 1 saturated heterocycles. The van der Waals surface area contributed by atoms with Crippen LogP contribution in [0.1, 0.15) is 5.82 Å². The van der Waals surface area contributed by atoms with Crippen LogP contribution in [-0.4, -0.2) is 51.2 Å². The highest BCUT2D eigenvalue weighted by atomic mass is 35.5. The number of H-pyrrole nitrogens is 1. The summed E-state index contributed by atoms with van der Waals surface area (Å²) in [4.78, 5) is 23.3. The van der Waals surface area contributed by atoms with Gasteiger partial charge in [-0.25, -0.2) is 24.3 Å². The van der Waals surface area contributed by atoms with E-state index in [1.807, 2.05) is 13.0 Å². The molecule has 158 valence electrons. The summed E-state index contributed by atoms with van der Waals surface area (Å²) in [5.41, 5.74) is 1.48. The fraction of sp³-hybridized carbons (Fsp3) is 0.238. The zero-order valence-corrected chi connectivity index (χ0v) is 17.4. The molecule has 5 rings (SSSR count). The first-order valence-electron chi connectivity index (χ1n) is 9.83. The van der Waals surface area contributed by atoms with Crippen molar-refractivity contribution in [2.24, 2.45) is 0 Å². The smallest absolute Gasteiger partial charge is 0.159 e. The molecule has 0 bridgehead atoms. The predicted molar refractivity (Wildman–Crippen MR) is 117 cm³/mol. The highest BCUT2D eigenvalue weighted by Gasteiger charge is 2.18. The largest absolute Gasteiger partial charge is 0.378 e. The topological polar surface area (TPSA) is 91.9 Å². The van der Waals surface area contributed by atoms with E-state index in [9.17, 15) is 4.39 Å². The second-order valence-corrected chi connectivity index (χ2v) is 7.53. The molecule has 1 aliphatic heterocycles. The van der Waals surface area contributed by atoms with Gasteiger partial charge in [0.1, 0.15) is 34.6 Å². The van der Waals surface area contributed by atoms with Gasteiger partial charge in [-0.3, -0.25) is 0 Å². The summed E-state index contributed by atoms with van der Waals surface area (Å²) < 4.78 is 19.8. The predicted octanol–water partition coefficient (Wildman–Crippen LogP) is 4.10. The van der Waals surface area contributed by atoms with Gasteiger partial charge in [0.15, 0.2) is 5.82 Å². The molecule has 0 aliphatic carbocycles. The molecule has 0 amide bonds. The van der Waals surface area contributed by atoms with Gasteiger partial charge < -0.3 is 19.9 Å². The summed E-state index contributed by atoms with van der Waals surface area (Å²) in [6.07, 6.45) is 1.65. The van der Waals surface area contributed by atoms with E-state index >= 15 is 0 Å². The number of aromatic nitrogens is 5. The van der Waals surface area contributed by atoms with Crippen LogP contribution in [0.25, 0.3) is 22.4 Å². The molecule has 1 aromatic carbocycles. The van der Waals surface area contributed by atoms with Crippen LogP contribution >= 0.6 is 11.6 Å². The maximum absolute atomic E-state index is 14.4. The highest BCUT2D eigenvalue weighted by Crippen LogP contribution is 2.32. The number of nitrogens with one attached hydrogen (secondary N) is 2. The minimum atomic E-state index is -0.449. The summed E-state index contributed by atoms with van der Waals surface area (Å²) >= 11 is 6.21. The summed E-state index contributed by atoms with van der Waals surface area (Å²) in [6.45, 7) is 4.73. The van der Waals surface area contributed by atoms with Crippen LogP contribution < -0.4 is 10.2 Å². The van der Waals surface area contributed by atoms with Gasteiger partial charge in [0, 0.05) is 25.4 Å². The first-order chi connectivity index (χ1) is 15.1. The Morgan fingerprint density at radius 1 is 1.16 bits per heavy atom. The first-order valence-corrected chi connectivity index (χ1v) is 10.2. The van der Waals surface area contributed by atoms with Crippen LogP contribution in [0.15, 0.2) is 36.5 Å². The molecule has 31 heavy (non-hydrogen) atoms. The maximum Gasteiger partial charge on any atom is 0.159 e. The second kappa shape index (κ2) is 8.09. The Bertz CT molecular complexity index is 1240. The number of morpholine rings is 1. The van der Waals surface area contributed by atoms with Gasteiger partial charge in [0.05, 0.1) is 29.3 Å².